The van der Waals surface area contributed by atoms with Crippen LogP contribution < -0.4 is 10.4 Å². The number of halogens is 3. The van der Waals surface area contributed by atoms with Gasteiger partial charge in [0.1, 0.15) is 12.4 Å². The molecule has 7 heteroatoms. The molecular weight excluding hydrogens is 429 g/mol. The van der Waals surface area contributed by atoms with Gasteiger partial charge in [-0.3, -0.25) is 5.41 Å². The molecule has 0 saturated heterocycles. The highest BCUT2D eigenvalue weighted by molar-refractivity contribution is 6.42. The molecule has 0 aliphatic carbocycles. The first-order chi connectivity index (χ1) is 14.0. The van der Waals surface area contributed by atoms with E-state index < -0.39 is 0 Å². The first-order valence-electron chi connectivity index (χ1n) is 9.08. The Kier molecular flexibility index (Phi) is 5.86. The lowest BCUT2D eigenvalue weighted by molar-refractivity contribution is 0.296. The molecule has 0 saturated carbocycles. The van der Waals surface area contributed by atoms with E-state index in [0.29, 0.717) is 40.4 Å². The molecular formula is C22H18Cl3N3O. The predicted molar refractivity (Wildman–Crippen MR) is 118 cm³/mol. The molecule has 148 valence electrons. The van der Waals surface area contributed by atoms with E-state index in [1.165, 1.54) is 0 Å². The van der Waals surface area contributed by atoms with Crippen molar-refractivity contribution in [3.05, 3.63) is 93.0 Å². The van der Waals surface area contributed by atoms with Gasteiger partial charge in [0.15, 0.2) is 0 Å². The summed E-state index contributed by atoms with van der Waals surface area (Å²) in [7, 11) is 0. The van der Waals surface area contributed by atoms with Gasteiger partial charge in [0.25, 0.3) is 0 Å². The minimum absolute atomic E-state index is 0.400. The summed E-state index contributed by atoms with van der Waals surface area (Å²) in [5.74, 6) is 0.751. The fourth-order valence-electron chi connectivity index (χ4n) is 3.29. The lowest BCUT2D eigenvalue weighted by atomic mass is 10.2. The number of imidazole rings is 1. The Bertz CT molecular complexity index is 1210. The van der Waals surface area contributed by atoms with Crippen molar-refractivity contribution in [1.82, 2.24) is 9.13 Å². The van der Waals surface area contributed by atoms with E-state index in [-0.39, 0.29) is 0 Å². The molecule has 0 bridgehead atoms. The second kappa shape index (κ2) is 8.54. The molecule has 4 aromatic rings. The van der Waals surface area contributed by atoms with Crippen LogP contribution in [0.25, 0.3) is 11.0 Å². The first kappa shape index (κ1) is 19.9. The molecule has 0 fully saturated rings. The molecule has 0 aliphatic heterocycles. The Hall–Kier alpha value is -2.40. The molecule has 29 heavy (non-hydrogen) atoms. The second-order valence-electron chi connectivity index (χ2n) is 6.60. The lowest BCUT2D eigenvalue weighted by Crippen LogP contribution is -2.27. The van der Waals surface area contributed by atoms with E-state index in [0.717, 1.165) is 22.3 Å². The Morgan fingerprint density at radius 1 is 0.793 bits per heavy atom. The van der Waals surface area contributed by atoms with Crippen molar-refractivity contribution >= 4 is 45.8 Å². The number of benzene rings is 3. The summed E-state index contributed by atoms with van der Waals surface area (Å²) in [6, 6.07) is 20.8. The van der Waals surface area contributed by atoms with Crippen LogP contribution in [0.2, 0.25) is 15.1 Å². The van der Waals surface area contributed by atoms with Crippen LogP contribution in [0.5, 0.6) is 5.75 Å². The number of aromatic nitrogens is 2. The zero-order valence-corrected chi connectivity index (χ0v) is 17.7. The smallest absolute Gasteiger partial charge is 0.203 e. The highest BCUT2D eigenvalue weighted by Gasteiger charge is 2.11. The maximum Gasteiger partial charge on any atom is 0.203 e. The van der Waals surface area contributed by atoms with Crippen LogP contribution in [-0.4, -0.2) is 15.7 Å². The minimum atomic E-state index is 0.400. The van der Waals surface area contributed by atoms with Crippen LogP contribution in [0, 0.1) is 5.41 Å². The number of nitrogens with zero attached hydrogens (tertiary/aromatic N) is 2. The molecule has 3 aromatic carbocycles. The highest BCUT2D eigenvalue weighted by atomic mass is 35.5. The number of fused-ring (bicyclic) bond motifs is 1. The lowest BCUT2D eigenvalue weighted by Gasteiger charge is -2.08. The van der Waals surface area contributed by atoms with Crippen LogP contribution in [0.3, 0.4) is 0 Å². The van der Waals surface area contributed by atoms with Crippen LogP contribution >= 0.6 is 34.8 Å². The standard InChI is InChI=1S/C22H18Cl3N3O/c23-16-6-8-17(9-7-16)29-12-11-27-20-3-1-2-4-21(20)28(22(27)26)14-15-5-10-18(24)19(25)13-15/h1-10,13,26H,11-12,14H2. The van der Waals surface area contributed by atoms with Gasteiger partial charge in [-0.2, -0.15) is 0 Å². The van der Waals surface area contributed by atoms with E-state index in [2.05, 4.69) is 0 Å². The van der Waals surface area contributed by atoms with E-state index >= 15 is 0 Å². The number of para-hydroxylation sites is 2. The van der Waals surface area contributed by atoms with Gasteiger partial charge in [0.2, 0.25) is 5.62 Å². The summed E-state index contributed by atoms with van der Waals surface area (Å²) < 4.78 is 9.72. The first-order valence-corrected chi connectivity index (χ1v) is 10.2. The third-order valence-electron chi connectivity index (χ3n) is 4.70. The zero-order valence-electron chi connectivity index (χ0n) is 15.4. The van der Waals surface area contributed by atoms with Crippen LogP contribution in [-0.2, 0) is 13.1 Å². The molecule has 0 spiro atoms. The van der Waals surface area contributed by atoms with E-state index in [4.69, 9.17) is 44.9 Å². The largest absolute Gasteiger partial charge is 0.492 e. The fourth-order valence-corrected chi connectivity index (χ4v) is 3.73. The van der Waals surface area contributed by atoms with Crippen molar-refractivity contribution in [2.24, 2.45) is 0 Å². The SMILES string of the molecule is N=c1n(CCOc2ccc(Cl)cc2)c2ccccc2n1Cc1ccc(Cl)c(Cl)c1. The van der Waals surface area contributed by atoms with Gasteiger partial charge >= 0.3 is 0 Å². The highest BCUT2D eigenvalue weighted by Crippen LogP contribution is 2.24. The van der Waals surface area contributed by atoms with Crippen molar-refractivity contribution in [2.45, 2.75) is 13.1 Å². The molecule has 1 heterocycles. The summed E-state index contributed by atoms with van der Waals surface area (Å²) in [4.78, 5) is 0. The van der Waals surface area contributed by atoms with Gasteiger partial charge in [-0.1, -0.05) is 53.0 Å². The molecule has 1 aromatic heterocycles. The van der Waals surface area contributed by atoms with E-state index in [1.807, 2.05) is 57.7 Å². The van der Waals surface area contributed by atoms with E-state index in [1.54, 1.807) is 18.2 Å². The summed E-state index contributed by atoms with van der Waals surface area (Å²) in [5, 5.41) is 10.4. The van der Waals surface area contributed by atoms with Crippen LogP contribution in [0.15, 0.2) is 66.7 Å². The summed E-state index contributed by atoms with van der Waals surface area (Å²) in [6.07, 6.45) is 0. The average molecular weight is 447 g/mol. The minimum Gasteiger partial charge on any atom is -0.492 e. The van der Waals surface area contributed by atoms with Crippen LogP contribution in [0.4, 0.5) is 0 Å². The fraction of sp³-hybridized carbons (Fsp3) is 0.136. The summed E-state index contributed by atoms with van der Waals surface area (Å²) in [6.45, 7) is 1.52. The van der Waals surface area contributed by atoms with Gasteiger partial charge in [0.05, 0.1) is 34.2 Å². The number of rotatable bonds is 6. The van der Waals surface area contributed by atoms with Gasteiger partial charge in [-0.05, 0) is 54.1 Å². The van der Waals surface area contributed by atoms with Crippen molar-refractivity contribution in [3.8, 4) is 5.75 Å². The molecule has 0 radical (unpaired) electrons. The van der Waals surface area contributed by atoms with Crippen molar-refractivity contribution in [2.75, 3.05) is 6.61 Å². The van der Waals surface area contributed by atoms with Gasteiger partial charge in [0, 0.05) is 5.02 Å². The zero-order chi connectivity index (χ0) is 20.4. The molecule has 4 rings (SSSR count). The molecule has 4 nitrogen and oxygen atoms in total. The molecule has 0 aliphatic rings. The van der Waals surface area contributed by atoms with Crippen molar-refractivity contribution in [1.29, 1.82) is 5.41 Å². The summed E-state index contributed by atoms with van der Waals surface area (Å²) in [5.41, 5.74) is 3.35. The Morgan fingerprint density at radius 2 is 1.48 bits per heavy atom. The number of hydrogen-bond acceptors (Lipinski definition) is 2. The Labute approximate surface area is 183 Å². The van der Waals surface area contributed by atoms with Gasteiger partial charge in [-0.25, -0.2) is 0 Å². The third kappa shape index (κ3) is 4.30. The second-order valence-corrected chi connectivity index (χ2v) is 7.85. The third-order valence-corrected chi connectivity index (χ3v) is 5.69. The molecule has 0 unspecified atom stereocenters. The molecule has 0 amide bonds. The van der Waals surface area contributed by atoms with Crippen molar-refractivity contribution in [3.63, 3.8) is 0 Å². The maximum atomic E-state index is 8.73. The monoisotopic (exact) mass is 445 g/mol. The average Bonchev–Trinajstić information content (AvgIpc) is 2.98. The van der Waals surface area contributed by atoms with Gasteiger partial charge in [-0.15, -0.1) is 0 Å². The predicted octanol–water partition coefficient (Wildman–Crippen LogP) is 6.01. The number of nitrogens with one attached hydrogen (secondary N) is 1. The maximum absolute atomic E-state index is 8.73. The normalized spacial score (nSPS) is 11.1. The summed E-state index contributed by atoms with van der Waals surface area (Å²) >= 11 is 18.1. The Morgan fingerprint density at radius 3 is 2.17 bits per heavy atom. The van der Waals surface area contributed by atoms with Crippen LogP contribution in [0.1, 0.15) is 5.56 Å². The van der Waals surface area contributed by atoms with E-state index in [9.17, 15) is 0 Å². The van der Waals surface area contributed by atoms with Gasteiger partial charge < -0.3 is 13.9 Å². The molecule has 0 atom stereocenters. The number of hydrogen-bond donors (Lipinski definition) is 1. The Balaban J connectivity index is 1.61. The molecule has 1 N–H and O–H groups in total. The topological polar surface area (TPSA) is 42.9 Å². The number of ether oxygens (including phenoxy) is 1. The van der Waals surface area contributed by atoms with Crippen molar-refractivity contribution < 1.29 is 4.74 Å². The quantitative estimate of drug-likeness (QED) is 0.387.